The van der Waals surface area contributed by atoms with Gasteiger partial charge < -0.3 is 5.11 Å². The minimum atomic E-state index is -0.295. The first kappa shape index (κ1) is 7.43. The highest BCUT2D eigenvalue weighted by molar-refractivity contribution is 14.1. The smallest absolute Gasteiger partial charge is 0.0702 e. The predicted octanol–water partition coefficient (Wildman–Crippen LogP) is 1.71. The van der Waals surface area contributed by atoms with Crippen molar-refractivity contribution in [2.75, 3.05) is 0 Å². The molecule has 0 fully saturated rings. The van der Waals surface area contributed by atoms with Crippen LogP contribution in [0.5, 0.6) is 0 Å². The fourth-order valence-corrected chi connectivity index (χ4v) is 0.853. The van der Waals surface area contributed by atoms with Gasteiger partial charge in [0, 0.05) is 0 Å². The van der Waals surface area contributed by atoms with Crippen molar-refractivity contribution in [3.05, 3.63) is 9.66 Å². The van der Waals surface area contributed by atoms with E-state index in [1.165, 1.54) is 0 Å². The molecule has 1 nitrogen and oxygen atoms in total. The summed E-state index contributed by atoms with van der Waals surface area (Å²) in [5.41, 5.74) is 0. The van der Waals surface area contributed by atoms with Gasteiger partial charge in [0.15, 0.2) is 0 Å². The van der Waals surface area contributed by atoms with Crippen molar-refractivity contribution >= 4 is 22.6 Å². The quantitative estimate of drug-likeness (QED) is 0.656. The van der Waals surface area contributed by atoms with Crippen molar-refractivity contribution in [2.24, 2.45) is 0 Å². The van der Waals surface area contributed by atoms with Crippen LogP contribution >= 0.6 is 22.6 Å². The Kier molecular flexibility index (Phi) is 3.65. The predicted molar refractivity (Wildman–Crippen MR) is 39.5 cm³/mol. The number of rotatable bonds is 1. The fourth-order valence-electron chi connectivity index (χ4n) is 0.332. The van der Waals surface area contributed by atoms with E-state index in [2.05, 4.69) is 22.6 Å². The van der Waals surface area contributed by atoms with E-state index in [0.29, 0.717) is 0 Å². The number of allylic oxidation sites excluding steroid dienone is 1. The summed E-state index contributed by atoms with van der Waals surface area (Å²) in [4.78, 5) is 0. The second-order valence-corrected chi connectivity index (χ2v) is 3.20. The molecule has 0 aliphatic carbocycles. The molecule has 0 aromatic rings. The van der Waals surface area contributed by atoms with Crippen LogP contribution in [0.2, 0.25) is 0 Å². The molecule has 1 N–H and O–H groups in total. The lowest BCUT2D eigenvalue weighted by Gasteiger charge is -1.91. The standard InChI is InChI=1S/C5H9IO/c1-4(6)3-5(2)7/h3,5,7H,1-2H3/b4-3+. The molecule has 0 aromatic carbocycles. The SMILES string of the molecule is C/C(I)=C\C(C)O. The summed E-state index contributed by atoms with van der Waals surface area (Å²) in [7, 11) is 0. The molecule has 2 heteroatoms. The third-order valence-electron chi connectivity index (χ3n) is 0.471. The van der Waals surface area contributed by atoms with Crippen LogP contribution in [0.4, 0.5) is 0 Å². The van der Waals surface area contributed by atoms with Crippen molar-refractivity contribution in [3.8, 4) is 0 Å². The van der Waals surface area contributed by atoms with Crippen LogP contribution in [0.15, 0.2) is 9.66 Å². The zero-order valence-corrected chi connectivity index (χ0v) is 6.64. The molecule has 7 heavy (non-hydrogen) atoms. The Hall–Kier alpha value is 0.430. The van der Waals surface area contributed by atoms with Crippen molar-refractivity contribution < 1.29 is 5.11 Å². The van der Waals surface area contributed by atoms with E-state index < -0.39 is 0 Å². The molecule has 0 rings (SSSR count). The molecule has 0 spiro atoms. The molecule has 0 saturated carbocycles. The number of halogens is 1. The molecule has 0 amide bonds. The van der Waals surface area contributed by atoms with E-state index in [4.69, 9.17) is 5.11 Å². The molecule has 0 aromatic heterocycles. The van der Waals surface area contributed by atoms with E-state index in [1.54, 1.807) is 13.0 Å². The second-order valence-electron chi connectivity index (χ2n) is 1.49. The average molecular weight is 212 g/mol. The van der Waals surface area contributed by atoms with Gasteiger partial charge in [-0.3, -0.25) is 0 Å². The van der Waals surface area contributed by atoms with Crippen molar-refractivity contribution in [1.82, 2.24) is 0 Å². The van der Waals surface area contributed by atoms with Crippen molar-refractivity contribution in [2.45, 2.75) is 20.0 Å². The molecule has 0 radical (unpaired) electrons. The highest BCUT2D eigenvalue weighted by Gasteiger charge is 1.85. The Bertz CT molecular complexity index is 72.1. The lowest BCUT2D eigenvalue weighted by Crippen LogP contribution is -1.91. The molecule has 42 valence electrons. The van der Waals surface area contributed by atoms with Crippen LogP contribution in [0.1, 0.15) is 13.8 Å². The van der Waals surface area contributed by atoms with Gasteiger partial charge in [0.2, 0.25) is 0 Å². The largest absolute Gasteiger partial charge is 0.389 e. The third-order valence-corrected chi connectivity index (χ3v) is 0.830. The maximum atomic E-state index is 8.64. The number of aliphatic hydroxyl groups is 1. The Morgan fingerprint density at radius 1 is 1.86 bits per heavy atom. The first-order valence-electron chi connectivity index (χ1n) is 2.15. The fraction of sp³-hybridized carbons (Fsp3) is 0.600. The maximum Gasteiger partial charge on any atom is 0.0702 e. The normalized spacial score (nSPS) is 16.9. The van der Waals surface area contributed by atoms with Gasteiger partial charge in [0.25, 0.3) is 0 Å². The molecule has 0 aliphatic heterocycles. The van der Waals surface area contributed by atoms with Gasteiger partial charge in [0.05, 0.1) is 6.10 Å². The van der Waals surface area contributed by atoms with Crippen LogP contribution in [0, 0.1) is 0 Å². The Morgan fingerprint density at radius 2 is 2.29 bits per heavy atom. The van der Waals surface area contributed by atoms with Crippen LogP contribution in [-0.2, 0) is 0 Å². The van der Waals surface area contributed by atoms with E-state index in [9.17, 15) is 0 Å². The van der Waals surface area contributed by atoms with Gasteiger partial charge in [-0.2, -0.15) is 0 Å². The van der Waals surface area contributed by atoms with Crippen LogP contribution in [0.25, 0.3) is 0 Å². The second kappa shape index (κ2) is 3.43. The van der Waals surface area contributed by atoms with Gasteiger partial charge in [-0.05, 0) is 46.1 Å². The zero-order chi connectivity index (χ0) is 5.86. The van der Waals surface area contributed by atoms with Crippen LogP contribution < -0.4 is 0 Å². The first-order valence-corrected chi connectivity index (χ1v) is 3.23. The number of hydrogen-bond acceptors (Lipinski definition) is 1. The molecule has 1 atom stereocenters. The van der Waals surface area contributed by atoms with Gasteiger partial charge in [-0.1, -0.05) is 0 Å². The summed E-state index contributed by atoms with van der Waals surface area (Å²) in [5.74, 6) is 0. The van der Waals surface area contributed by atoms with Crippen LogP contribution in [0.3, 0.4) is 0 Å². The van der Waals surface area contributed by atoms with Gasteiger partial charge in [-0.25, -0.2) is 0 Å². The summed E-state index contributed by atoms with van der Waals surface area (Å²) in [6, 6.07) is 0. The molecular formula is C5H9IO. The summed E-state index contributed by atoms with van der Waals surface area (Å²) in [6.07, 6.45) is 1.50. The average Bonchev–Trinajstić information content (AvgIpc) is 1.27. The lowest BCUT2D eigenvalue weighted by molar-refractivity contribution is 0.244. The highest BCUT2D eigenvalue weighted by Crippen LogP contribution is 2.03. The van der Waals surface area contributed by atoms with Crippen LogP contribution in [-0.4, -0.2) is 11.2 Å². The van der Waals surface area contributed by atoms with Crippen molar-refractivity contribution in [3.63, 3.8) is 0 Å². The monoisotopic (exact) mass is 212 g/mol. The highest BCUT2D eigenvalue weighted by atomic mass is 127. The van der Waals surface area contributed by atoms with E-state index >= 15 is 0 Å². The third kappa shape index (κ3) is 6.43. The minimum Gasteiger partial charge on any atom is -0.389 e. The number of hydrogen-bond donors (Lipinski definition) is 1. The zero-order valence-electron chi connectivity index (χ0n) is 4.48. The topological polar surface area (TPSA) is 20.2 Å². The lowest BCUT2D eigenvalue weighted by atomic mass is 10.4. The van der Waals surface area contributed by atoms with Gasteiger partial charge >= 0.3 is 0 Å². The van der Waals surface area contributed by atoms with E-state index in [0.717, 1.165) is 3.58 Å². The maximum absolute atomic E-state index is 8.64. The summed E-state index contributed by atoms with van der Waals surface area (Å²) >= 11 is 2.16. The molecule has 1 unspecified atom stereocenters. The van der Waals surface area contributed by atoms with Crippen molar-refractivity contribution in [1.29, 1.82) is 0 Å². The molecule has 0 bridgehead atoms. The Labute approximate surface area is 57.6 Å². The van der Waals surface area contributed by atoms with Gasteiger partial charge in [-0.15, -0.1) is 0 Å². The van der Waals surface area contributed by atoms with E-state index in [1.807, 2.05) is 6.92 Å². The minimum absolute atomic E-state index is 0.295. The molecular weight excluding hydrogens is 203 g/mol. The molecule has 0 heterocycles. The molecule has 0 saturated heterocycles. The van der Waals surface area contributed by atoms with Gasteiger partial charge in [0.1, 0.15) is 0 Å². The van der Waals surface area contributed by atoms with E-state index in [-0.39, 0.29) is 6.10 Å². The summed E-state index contributed by atoms with van der Waals surface area (Å²) < 4.78 is 1.13. The summed E-state index contributed by atoms with van der Waals surface area (Å²) in [5, 5.41) is 8.64. The number of aliphatic hydroxyl groups excluding tert-OH is 1. The Morgan fingerprint density at radius 3 is 2.29 bits per heavy atom. The Balaban J connectivity index is 3.45. The molecule has 0 aliphatic rings. The summed E-state index contributed by atoms with van der Waals surface area (Å²) in [6.45, 7) is 3.69. The first-order chi connectivity index (χ1) is 3.13.